The topological polar surface area (TPSA) is 61.4 Å². The van der Waals surface area contributed by atoms with Crippen LogP contribution in [0.5, 0.6) is 0 Å². The average molecular weight is 300 g/mol. The molecule has 0 bridgehead atoms. The van der Waals surface area contributed by atoms with Gasteiger partial charge < -0.3 is 10.4 Å². The van der Waals surface area contributed by atoms with Crippen molar-refractivity contribution in [1.82, 2.24) is 5.32 Å². The number of anilines is 1. The monoisotopic (exact) mass is 300 g/mol. The Morgan fingerprint density at radius 2 is 2.23 bits per heavy atom. The summed E-state index contributed by atoms with van der Waals surface area (Å²) in [6, 6.07) is 8.08. The van der Waals surface area contributed by atoms with E-state index in [-0.39, 0.29) is 41.8 Å². The van der Waals surface area contributed by atoms with Gasteiger partial charge in [0.25, 0.3) is 0 Å². The molecule has 118 valence electrons. The molecule has 4 nitrogen and oxygen atoms in total. The van der Waals surface area contributed by atoms with E-state index in [0.29, 0.717) is 0 Å². The Morgan fingerprint density at radius 1 is 1.50 bits per heavy atom. The molecule has 22 heavy (non-hydrogen) atoms. The summed E-state index contributed by atoms with van der Waals surface area (Å²) in [5.74, 6) is 0.0791. The molecular weight excluding hydrogens is 276 g/mol. The molecule has 3 N–H and O–H groups in total. The van der Waals surface area contributed by atoms with Crippen molar-refractivity contribution >= 4 is 11.5 Å². The first-order chi connectivity index (χ1) is 10.5. The molecule has 1 saturated heterocycles. The van der Waals surface area contributed by atoms with E-state index < -0.39 is 0 Å². The number of aliphatic hydroxyl groups excluding tert-OH is 1. The molecule has 3 atom stereocenters. The van der Waals surface area contributed by atoms with Crippen LogP contribution in [0.3, 0.4) is 0 Å². The van der Waals surface area contributed by atoms with Crippen LogP contribution in [0.1, 0.15) is 32.3 Å². The molecule has 0 radical (unpaired) electrons. The van der Waals surface area contributed by atoms with Crippen molar-refractivity contribution in [3.63, 3.8) is 0 Å². The van der Waals surface area contributed by atoms with Crippen LogP contribution < -0.4 is 10.6 Å². The molecule has 3 rings (SSSR count). The van der Waals surface area contributed by atoms with Crippen molar-refractivity contribution in [2.24, 2.45) is 5.41 Å². The molecule has 0 aliphatic carbocycles. The van der Waals surface area contributed by atoms with Crippen molar-refractivity contribution in [2.75, 3.05) is 11.9 Å². The zero-order valence-electron chi connectivity index (χ0n) is 13.2. The Labute approximate surface area is 131 Å². The average Bonchev–Trinajstić information content (AvgIpc) is 3.02. The van der Waals surface area contributed by atoms with Crippen molar-refractivity contribution in [1.29, 1.82) is 0 Å². The molecule has 2 heterocycles. The van der Waals surface area contributed by atoms with Gasteiger partial charge in [-0.15, -0.1) is 6.58 Å². The van der Waals surface area contributed by atoms with E-state index in [4.69, 9.17) is 5.11 Å². The van der Waals surface area contributed by atoms with E-state index >= 15 is 0 Å². The number of ketones is 1. The van der Waals surface area contributed by atoms with E-state index in [0.717, 1.165) is 12.1 Å². The molecular formula is C18H24N2O2. The maximum absolute atomic E-state index is 12.3. The predicted octanol–water partition coefficient (Wildman–Crippen LogP) is 2.20. The highest BCUT2D eigenvalue weighted by Gasteiger charge is 2.60. The number of hydrogen-bond acceptors (Lipinski definition) is 4. The summed E-state index contributed by atoms with van der Waals surface area (Å²) in [6.07, 6.45) is 2.92. The van der Waals surface area contributed by atoms with Crippen LogP contribution >= 0.6 is 0 Å². The number of nitrogens with one attached hydrogen (secondary N) is 2. The van der Waals surface area contributed by atoms with Gasteiger partial charge in [0.05, 0.1) is 18.8 Å². The van der Waals surface area contributed by atoms with Gasteiger partial charge in [-0.1, -0.05) is 38.1 Å². The highest BCUT2D eigenvalue weighted by atomic mass is 16.3. The summed E-state index contributed by atoms with van der Waals surface area (Å²) in [6.45, 7) is 8.29. The minimum absolute atomic E-state index is 0.00513. The lowest BCUT2D eigenvalue weighted by Gasteiger charge is -2.42. The zero-order chi connectivity index (χ0) is 16.0. The lowest BCUT2D eigenvalue weighted by Crippen LogP contribution is -2.49. The first-order valence-electron chi connectivity index (χ1n) is 7.85. The van der Waals surface area contributed by atoms with E-state index in [2.05, 4.69) is 43.2 Å². The molecule has 1 aromatic rings. The summed E-state index contributed by atoms with van der Waals surface area (Å²) in [7, 11) is 0. The fourth-order valence-corrected chi connectivity index (χ4v) is 4.08. The van der Waals surface area contributed by atoms with Crippen molar-refractivity contribution in [3.05, 3.63) is 42.5 Å². The van der Waals surface area contributed by atoms with Gasteiger partial charge in [-0.3, -0.25) is 10.1 Å². The van der Waals surface area contributed by atoms with Crippen LogP contribution in [0.15, 0.2) is 36.9 Å². The first-order valence-corrected chi connectivity index (χ1v) is 7.85. The van der Waals surface area contributed by atoms with Gasteiger partial charge >= 0.3 is 0 Å². The van der Waals surface area contributed by atoms with Crippen LogP contribution in [0.2, 0.25) is 0 Å². The first kappa shape index (κ1) is 15.3. The third kappa shape index (κ3) is 1.94. The number of fused-ring (bicyclic) bond motifs is 3. The molecule has 0 aromatic heterocycles. The Kier molecular flexibility index (Phi) is 3.62. The molecule has 4 heteroatoms. The van der Waals surface area contributed by atoms with Crippen LogP contribution in [-0.2, 0) is 10.2 Å². The Bertz CT molecular complexity index is 611. The molecule has 0 spiro atoms. The Hall–Kier alpha value is -1.65. The van der Waals surface area contributed by atoms with Gasteiger partial charge in [-0.25, -0.2) is 0 Å². The molecule has 2 aliphatic heterocycles. The minimum Gasteiger partial charge on any atom is -0.396 e. The van der Waals surface area contributed by atoms with Gasteiger partial charge in [-0.05, 0) is 23.5 Å². The number of para-hydroxylation sites is 1. The van der Waals surface area contributed by atoms with Gasteiger partial charge in [0, 0.05) is 17.5 Å². The van der Waals surface area contributed by atoms with Crippen molar-refractivity contribution in [2.45, 2.75) is 44.3 Å². The highest BCUT2D eigenvalue weighted by Crippen LogP contribution is 2.57. The number of allylic oxidation sites excluding steroid dienone is 1. The quantitative estimate of drug-likeness (QED) is 0.730. The largest absolute Gasteiger partial charge is 0.396 e. The summed E-state index contributed by atoms with van der Waals surface area (Å²) < 4.78 is 0. The lowest BCUT2D eigenvalue weighted by atomic mass is 9.60. The maximum atomic E-state index is 12.3. The van der Waals surface area contributed by atoms with Crippen molar-refractivity contribution in [3.8, 4) is 0 Å². The molecule has 1 fully saturated rings. The van der Waals surface area contributed by atoms with E-state index in [1.165, 1.54) is 5.56 Å². The summed E-state index contributed by atoms with van der Waals surface area (Å²) in [4.78, 5) is 12.3. The summed E-state index contributed by atoms with van der Waals surface area (Å²) >= 11 is 0. The van der Waals surface area contributed by atoms with E-state index in [9.17, 15) is 4.79 Å². The normalized spacial score (nSPS) is 29.6. The van der Waals surface area contributed by atoms with Crippen molar-refractivity contribution < 1.29 is 9.90 Å². The lowest BCUT2D eigenvalue weighted by molar-refractivity contribution is -0.121. The van der Waals surface area contributed by atoms with Crippen LogP contribution in [0, 0.1) is 5.41 Å². The Balaban J connectivity index is 2.06. The number of carbonyl (C=O) groups excluding carboxylic acids is 1. The van der Waals surface area contributed by atoms with Gasteiger partial charge in [0.15, 0.2) is 5.78 Å². The molecule has 2 aliphatic rings. The predicted molar refractivity (Wildman–Crippen MR) is 87.8 cm³/mol. The van der Waals surface area contributed by atoms with Gasteiger partial charge in [0.1, 0.15) is 0 Å². The van der Waals surface area contributed by atoms with E-state index in [1.807, 2.05) is 18.2 Å². The number of aliphatic hydroxyl groups is 1. The maximum Gasteiger partial charge on any atom is 0.152 e. The molecule has 0 saturated carbocycles. The standard InChI is InChI=1S/C18H24N2O2/c1-4-17(2,3)18-11-14(15(22)9-10-21)20-16(18)19-13-8-6-5-7-12(13)18/h4-8,14,16,19-21H,1,9-11H2,2-3H3/t14?,16-,18+/m0/s1. The zero-order valence-corrected chi connectivity index (χ0v) is 13.2. The number of hydrogen-bond donors (Lipinski definition) is 3. The molecule has 1 unspecified atom stereocenters. The molecule has 0 amide bonds. The second-order valence-electron chi connectivity index (χ2n) is 6.88. The smallest absolute Gasteiger partial charge is 0.152 e. The minimum atomic E-state index is -0.225. The third-order valence-corrected chi connectivity index (χ3v) is 5.50. The number of benzene rings is 1. The number of Topliss-reactive ketones (excluding diaryl/α,β-unsaturated/α-hetero) is 1. The van der Waals surface area contributed by atoms with Crippen LogP contribution in [0.4, 0.5) is 5.69 Å². The second kappa shape index (κ2) is 5.21. The van der Waals surface area contributed by atoms with Gasteiger partial charge in [-0.2, -0.15) is 0 Å². The fraction of sp³-hybridized carbons (Fsp3) is 0.500. The summed E-state index contributed by atoms with van der Waals surface area (Å²) in [5, 5.41) is 16.0. The second-order valence-corrected chi connectivity index (χ2v) is 6.88. The Morgan fingerprint density at radius 3 is 2.91 bits per heavy atom. The van der Waals surface area contributed by atoms with Gasteiger partial charge in [0.2, 0.25) is 0 Å². The SMILES string of the molecule is C=CC(C)(C)[C@@]12CC(C(=O)CCO)N[C@@H]1Nc1ccccc12. The number of carbonyl (C=O) groups is 1. The highest BCUT2D eigenvalue weighted by molar-refractivity contribution is 5.85. The third-order valence-electron chi connectivity index (χ3n) is 5.50. The molecule has 1 aromatic carbocycles. The van der Waals surface area contributed by atoms with Crippen LogP contribution in [-0.4, -0.2) is 29.7 Å². The number of rotatable bonds is 5. The fourth-order valence-electron chi connectivity index (χ4n) is 4.08. The van der Waals surface area contributed by atoms with E-state index in [1.54, 1.807) is 0 Å². The summed E-state index contributed by atoms with van der Waals surface area (Å²) in [5.41, 5.74) is 2.00. The van der Waals surface area contributed by atoms with Crippen LogP contribution in [0.25, 0.3) is 0 Å².